The Morgan fingerprint density at radius 2 is 1.90 bits per heavy atom. The number of aryl methyl sites for hydroxylation is 1. The number of rotatable bonds is 4. The van der Waals surface area contributed by atoms with Gasteiger partial charge in [-0.05, 0) is 57.6 Å². The number of carbonyl (C=O) groups excluding carboxylic acids is 1. The molecular weight excluding hydrogens is 412 g/mol. The van der Waals surface area contributed by atoms with Crippen LogP contribution < -0.4 is 4.90 Å². The van der Waals surface area contributed by atoms with E-state index in [0.717, 1.165) is 61.5 Å². The van der Waals surface area contributed by atoms with Crippen molar-refractivity contribution in [3.63, 3.8) is 0 Å². The highest BCUT2D eigenvalue weighted by Gasteiger charge is 2.30. The molecule has 1 aliphatic carbocycles. The molecule has 0 atom stereocenters. The van der Waals surface area contributed by atoms with E-state index in [-0.39, 0.29) is 11.9 Å². The van der Waals surface area contributed by atoms with Crippen LogP contribution in [0.4, 0.5) is 5.82 Å². The predicted octanol–water partition coefficient (Wildman–Crippen LogP) is 4.71. The quantitative estimate of drug-likeness (QED) is 0.552. The number of hydrogen-bond donors (Lipinski definition) is 0. The van der Waals surface area contributed by atoms with Crippen molar-refractivity contribution in [1.29, 1.82) is 0 Å². The first kappa shape index (κ1) is 20.3. The molecule has 1 aromatic carbocycles. The third-order valence-corrected chi connectivity index (χ3v) is 6.66. The van der Waals surface area contributed by atoms with Crippen LogP contribution >= 0.6 is 11.6 Å². The number of fused-ring (bicyclic) bond motifs is 2. The smallest absolute Gasteiger partial charge is 0.309 e. The summed E-state index contributed by atoms with van der Waals surface area (Å²) in [4.78, 5) is 19.6. The van der Waals surface area contributed by atoms with Gasteiger partial charge in [-0.2, -0.15) is 9.61 Å². The van der Waals surface area contributed by atoms with Crippen molar-refractivity contribution >= 4 is 29.0 Å². The van der Waals surface area contributed by atoms with Gasteiger partial charge in [0.1, 0.15) is 5.82 Å². The highest BCUT2D eigenvalue weighted by Crippen LogP contribution is 2.34. The average Bonchev–Trinajstić information content (AvgIpc) is 3.21. The Balaban J connectivity index is 1.53. The SMILES string of the molecule is CCOC(=O)C1CCN(c2c3c(nc4cc(-c5ccc(Cl)cc5)nn24)CCCC3)CC1. The van der Waals surface area contributed by atoms with Gasteiger partial charge < -0.3 is 9.64 Å². The molecule has 1 saturated heterocycles. The summed E-state index contributed by atoms with van der Waals surface area (Å²) in [6, 6.07) is 9.83. The predicted molar refractivity (Wildman–Crippen MR) is 122 cm³/mol. The van der Waals surface area contributed by atoms with Gasteiger partial charge in [0, 0.05) is 41.0 Å². The molecule has 162 valence electrons. The summed E-state index contributed by atoms with van der Waals surface area (Å²) in [5.74, 6) is 1.09. The van der Waals surface area contributed by atoms with Gasteiger partial charge in [0.2, 0.25) is 0 Å². The van der Waals surface area contributed by atoms with Gasteiger partial charge in [0.15, 0.2) is 5.65 Å². The molecular formula is C24H27ClN4O2. The molecule has 0 amide bonds. The van der Waals surface area contributed by atoms with Crippen LogP contribution in [0.3, 0.4) is 0 Å². The summed E-state index contributed by atoms with van der Waals surface area (Å²) in [5.41, 5.74) is 5.32. The molecule has 0 radical (unpaired) electrons. The van der Waals surface area contributed by atoms with Gasteiger partial charge in [-0.1, -0.05) is 23.7 Å². The van der Waals surface area contributed by atoms with Crippen molar-refractivity contribution < 1.29 is 9.53 Å². The number of hydrogen-bond acceptors (Lipinski definition) is 5. The van der Waals surface area contributed by atoms with E-state index in [1.807, 2.05) is 35.7 Å². The van der Waals surface area contributed by atoms with Crippen molar-refractivity contribution in [2.24, 2.45) is 5.92 Å². The fourth-order valence-corrected chi connectivity index (χ4v) is 4.93. The largest absolute Gasteiger partial charge is 0.466 e. The summed E-state index contributed by atoms with van der Waals surface area (Å²) in [6.07, 6.45) is 6.02. The van der Waals surface area contributed by atoms with Crippen molar-refractivity contribution in [3.8, 4) is 11.3 Å². The molecule has 0 N–H and O–H groups in total. The normalized spacial score (nSPS) is 17.0. The molecule has 2 aromatic heterocycles. The Morgan fingerprint density at radius 1 is 1.16 bits per heavy atom. The number of esters is 1. The van der Waals surface area contributed by atoms with E-state index >= 15 is 0 Å². The number of halogens is 1. The molecule has 3 aromatic rings. The molecule has 3 heterocycles. The van der Waals surface area contributed by atoms with E-state index in [1.54, 1.807) is 0 Å². The van der Waals surface area contributed by atoms with E-state index < -0.39 is 0 Å². The molecule has 1 aliphatic heterocycles. The van der Waals surface area contributed by atoms with E-state index in [1.165, 1.54) is 24.1 Å². The lowest BCUT2D eigenvalue weighted by Gasteiger charge is -2.34. The molecule has 0 bridgehead atoms. The van der Waals surface area contributed by atoms with Gasteiger partial charge in [-0.15, -0.1) is 0 Å². The van der Waals surface area contributed by atoms with Crippen LogP contribution in [-0.2, 0) is 22.4 Å². The van der Waals surface area contributed by atoms with Crippen molar-refractivity contribution in [2.45, 2.75) is 45.4 Å². The van der Waals surface area contributed by atoms with E-state index in [9.17, 15) is 4.79 Å². The first-order chi connectivity index (χ1) is 15.1. The minimum absolute atomic E-state index is 0.00777. The van der Waals surface area contributed by atoms with E-state index in [0.29, 0.717) is 11.6 Å². The lowest BCUT2D eigenvalue weighted by molar-refractivity contribution is -0.148. The zero-order chi connectivity index (χ0) is 21.4. The molecule has 0 saturated carbocycles. The standard InChI is InChI=1S/C24H27ClN4O2/c1-2-31-24(30)17-11-13-28(14-12-17)23-19-5-3-4-6-20(19)26-22-15-21(27-29(22)23)16-7-9-18(25)10-8-16/h7-10,15,17H,2-6,11-14H2,1H3. The fraction of sp³-hybridized carbons (Fsp3) is 0.458. The van der Waals surface area contributed by atoms with E-state index in [4.69, 9.17) is 26.4 Å². The number of carbonyl (C=O) groups is 1. The maximum absolute atomic E-state index is 12.2. The number of aromatic nitrogens is 3. The monoisotopic (exact) mass is 438 g/mol. The first-order valence-corrected chi connectivity index (χ1v) is 11.6. The second kappa shape index (κ2) is 8.50. The Kier molecular flexibility index (Phi) is 5.57. The van der Waals surface area contributed by atoms with E-state index in [2.05, 4.69) is 11.0 Å². The lowest BCUT2D eigenvalue weighted by Crippen LogP contribution is -2.39. The number of nitrogens with zero attached hydrogens (tertiary/aromatic N) is 4. The topological polar surface area (TPSA) is 59.7 Å². The Bertz CT molecular complexity index is 1100. The maximum Gasteiger partial charge on any atom is 0.309 e. The van der Waals surface area contributed by atoms with Crippen LogP contribution in [-0.4, -0.2) is 40.3 Å². The number of benzene rings is 1. The van der Waals surface area contributed by atoms with Gasteiger partial charge in [-0.3, -0.25) is 4.79 Å². The Hall–Kier alpha value is -2.60. The maximum atomic E-state index is 12.2. The van der Waals surface area contributed by atoms with Gasteiger partial charge in [-0.25, -0.2) is 4.98 Å². The minimum Gasteiger partial charge on any atom is -0.466 e. The van der Waals surface area contributed by atoms with Crippen LogP contribution in [0.1, 0.15) is 43.9 Å². The molecule has 1 fully saturated rings. The average molecular weight is 439 g/mol. The van der Waals surface area contributed by atoms with Crippen molar-refractivity contribution in [2.75, 3.05) is 24.6 Å². The molecule has 31 heavy (non-hydrogen) atoms. The molecule has 2 aliphatic rings. The lowest BCUT2D eigenvalue weighted by atomic mass is 9.93. The Morgan fingerprint density at radius 3 is 2.65 bits per heavy atom. The number of piperidine rings is 1. The van der Waals surface area contributed by atoms with Crippen LogP contribution in [0.2, 0.25) is 5.02 Å². The third-order valence-electron chi connectivity index (χ3n) is 6.40. The van der Waals surface area contributed by atoms with Gasteiger partial charge >= 0.3 is 5.97 Å². The number of anilines is 1. The van der Waals surface area contributed by atoms with Crippen molar-refractivity contribution in [3.05, 3.63) is 46.6 Å². The highest BCUT2D eigenvalue weighted by atomic mass is 35.5. The summed E-state index contributed by atoms with van der Waals surface area (Å²) in [5, 5.41) is 5.67. The van der Waals surface area contributed by atoms with Gasteiger partial charge in [0.05, 0.1) is 18.2 Å². The molecule has 5 rings (SSSR count). The van der Waals surface area contributed by atoms with Crippen LogP contribution in [0.15, 0.2) is 30.3 Å². The second-order valence-corrected chi connectivity index (χ2v) is 8.82. The molecule has 7 heteroatoms. The fourth-order valence-electron chi connectivity index (χ4n) is 4.80. The summed E-state index contributed by atoms with van der Waals surface area (Å²) >= 11 is 6.07. The highest BCUT2D eigenvalue weighted by molar-refractivity contribution is 6.30. The first-order valence-electron chi connectivity index (χ1n) is 11.2. The molecule has 6 nitrogen and oxygen atoms in total. The summed E-state index contributed by atoms with van der Waals surface area (Å²) in [7, 11) is 0. The molecule has 0 spiro atoms. The minimum atomic E-state index is -0.0619. The van der Waals surface area contributed by atoms with Crippen LogP contribution in [0, 0.1) is 5.92 Å². The summed E-state index contributed by atoms with van der Waals surface area (Å²) in [6.45, 7) is 3.96. The van der Waals surface area contributed by atoms with Crippen molar-refractivity contribution in [1.82, 2.24) is 14.6 Å². The molecule has 0 unspecified atom stereocenters. The zero-order valence-electron chi connectivity index (χ0n) is 17.8. The second-order valence-electron chi connectivity index (χ2n) is 8.39. The number of ether oxygens (including phenoxy) is 1. The van der Waals surface area contributed by atoms with Crippen LogP contribution in [0.25, 0.3) is 16.9 Å². The van der Waals surface area contributed by atoms with Gasteiger partial charge in [0.25, 0.3) is 0 Å². The Labute approximate surface area is 187 Å². The third kappa shape index (κ3) is 3.89. The summed E-state index contributed by atoms with van der Waals surface area (Å²) < 4.78 is 7.26. The zero-order valence-corrected chi connectivity index (χ0v) is 18.6. The van der Waals surface area contributed by atoms with Crippen LogP contribution in [0.5, 0.6) is 0 Å².